The smallest absolute Gasteiger partial charge is 0.252 e. The molecule has 3 aromatic rings. The third kappa shape index (κ3) is 9.32. The van der Waals surface area contributed by atoms with E-state index in [0.717, 1.165) is 47.9 Å². The first-order chi connectivity index (χ1) is 25.1. The van der Waals surface area contributed by atoms with Gasteiger partial charge in [0.25, 0.3) is 5.91 Å². The molecule has 1 saturated carbocycles. The highest BCUT2D eigenvalue weighted by atomic mass is 79.9. The largest absolute Gasteiger partial charge is 0.497 e. The molecule has 0 spiro atoms. The number of ether oxygens (including phenoxy) is 3. The van der Waals surface area contributed by atoms with Gasteiger partial charge in [-0.1, -0.05) is 24.3 Å². The molecule has 10 nitrogen and oxygen atoms in total. The van der Waals surface area contributed by atoms with E-state index in [4.69, 9.17) is 19.9 Å². The average Bonchev–Trinajstić information content (AvgIpc) is 3.98. The van der Waals surface area contributed by atoms with Crippen LogP contribution in [-0.4, -0.2) is 79.6 Å². The van der Waals surface area contributed by atoms with E-state index in [1.165, 1.54) is 12.1 Å². The molecule has 0 radical (unpaired) electrons. The number of methoxy groups -OCH3 is 2. The number of nitrogens with zero attached hydrogens (tertiary/aromatic N) is 2. The third-order valence-corrected chi connectivity index (χ3v) is 10.5. The van der Waals surface area contributed by atoms with Crippen molar-refractivity contribution in [3.63, 3.8) is 0 Å². The van der Waals surface area contributed by atoms with Gasteiger partial charge in [-0.25, -0.2) is 4.39 Å². The first-order valence-corrected chi connectivity index (χ1v) is 18.7. The van der Waals surface area contributed by atoms with E-state index >= 15 is 0 Å². The number of piperazine rings is 1. The highest BCUT2D eigenvalue weighted by molar-refractivity contribution is 9.10. The van der Waals surface area contributed by atoms with E-state index in [9.17, 15) is 18.8 Å². The van der Waals surface area contributed by atoms with Crippen LogP contribution in [-0.2, 0) is 27.3 Å². The Labute approximate surface area is 312 Å². The lowest BCUT2D eigenvalue weighted by molar-refractivity contribution is -0.134. The Morgan fingerprint density at radius 2 is 1.67 bits per heavy atom. The predicted octanol–water partition coefficient (Wildman–Crippen LogP) is 5.79. The number of carbonyl (C=O) groups is 3. The molecule has 1 aliphatic carbocycles. The van der Waals surface area contributed by atoms with Crippen LogP contribution in [0.3, 0.4) is 0 Å². The minimum Gasteiger partial charge on any atom is -0.497 e. The van der Waals surface area contributed by atoms with Crippen LogP contribution in [0, 0.1) is 5.82 Å². The van der Waals surface area contributed by atoms with E-state index < -0.39 is 5.91 Å². The van der Waals surface area contributed by atoms with Gasteiger partial charge in [0.2, 0.25) is 11.8 Å². The number of hydrogen-bond donors (Lipinski definition) is 2. The summed E-state index contributed by atoms with van der Waals surface area (Å²) < 4.78 is 31.2. The Morgan fingerprint density at radius 1 is 0.942 bits per heavy atom. The van der Waals surface area contributed by atoms with Crippen molar-refractivity contribution in [2.24, 2.45) is 5.73 Å². The molecule has 2 fully saturated rings. The highest BCUT2D eigenvalue weighted by Gasteiger charge is 2.43. The number of hydrogen-bond acceptors (Lipinski definition) is 7. The Morgan fingerprint density at radius 3 is 2.35 bits per heavy atom. The number of rotatable bonds is 16. The monoisotopic (exact) mass is 776 g/mol. The van der Waals surface area contributed by atoms with Crippen LogP contribution in [0.25, 0.3) is 5.57 Å². The van der Waals surface area contributed by atoms with E-state index in [-0.39, 0.29) is 48.6 Å². The molecular formula is C40H46BrFN4O6. The van der Waals surface area contributed by atoms with Crippen LogP contribution < -0.4 is 25.3 Å². The molecule has 2 atom stereocenters. The summed E-state index contributed by atoms with van der Waals surface area (Å²) in [7, 11) is 3.22. The zero-order chi connectivity index (χ0) is 36.8. The minimum atomic E-state index is -0.421. The SMILES string of the molecule is COc1cc(CN(C(=O)C2=C(c3ccc(CCCOc4cc(F)ccc4Br)cc3)C[C@@H]3CN(C(=O)CCCC(N)=O)C[C@H]2N3)C2CC2)cc(OC)c1. The van der Waals surface area contributed by atoms with Gasteiger partial charge in [0.1, 0.15) is 23.1 Å². The Balaban J connectivity index is 1.24. The molecule has 276 valence electrons. The third-order valence-electron chi connectivity index (χ3n) is 9.88. The van der Waals surface area contributed by atoms with Gasteiger partial charge in [0, 0.05) is 62.3 Å². The number of primary amides is 1. The van der Waals surface area contributed by atoms with E-state index in [1.807, 2.05) is 28.0 Å². The first kappa shape index (κ1) is 37.3. The summed E-state index contributed by atoms with van der Waals surface area (Å²) in [6.07, 6.45) is 4.77. The summed E-state index contributed by atoms with van der Waals surface area (Å²) in [5.74, 6) is 0.958. The molecular weight excluding hydrogens is 731 g/mol. The van der Waals surface area contributed by atoms with Gasteiger partial charge < -0.3 is 35.1 Å². The quantitative estimate of drug-likeness (QED) is 0.177. The van der Waals surface area contributed by atoms with Gasteiger partial charge in [-0.3, -0.25) is 14.4 Å². The fraction of sp³-hybridized carbons (Fsp3) is 0.425. The normalized spacial score (nSPS) is 18.2. The number of aryl methyl sites for hydroxylation is 1. The molecule has 0 aromatic heterocycles. The van der Waals surface area contributed by atoms with Gasteiger partial charge in [0.15, 0.2) is 0 Å². The molecule has 3 N–H and O–H groups in total. The van der Waals surface area contributed by atoms with Crippen LogP contribution in [0.15, 0.2) is 70.7 Å². The summed E-state index contributed by atoms with van der Waals surface area (Å²) in [5, 5.41) is 3.67. The van der Waals surface area contributed by atoms with Gasteiger partial charge in [-0.05, 0) is 101 Å². The number of benzene rings is 3. The van der Waals surface area contributed by atoms with Gasteiger partial charge in [-0.15, -0.1) is 0 Å². The van der Waals surface area contributed by atoms with Crippen molar-refractivity contribution < 1.29 is 33.0 Å². The second kappa shape index (κ2) is 16.9. The number of fused-ring (bicyclic) bond motifs is 2. The molecule has 1 saturated heterocycles. The number of nitrogens with two attached hydrogens (primary N) is 1. The van der Waals surface area contributed by atoms with E-state index in [1.54, 1.807) is 20.3 Å². The average molecular weight is 778 g/mol. The summed E-state index contributed by atoms with van der Waals surface area (Å²) in [6.45, 7) is 1.72. The van der Waals surface area contributed by atoms with Crippen LogP contribution in [0.4, 0.5) is 4.39 Å². The van der Waals surface area contributed by atoms with Gasteiger partial charge >= 0.3 is 0 Å². The van der Waals surface area contributed by atoms with Crippen molar-refractivity contribution in [3.05, 3.63) is 93.2 Å². The Kier molecular flexibility index (Phi) is 12.2. The topological polar surface area (TPSA) is 123 Å². The summed E-state index contributed by atoms with van der Waals surface area (Å²) in [6, 6.07) is 18.2. The van der Waals surface area contributed by atoms with E-state index in [0.29, 0.717) is 66.4 Å². The molecule has 0 unspecified atom stereocenters. The lowest BCUT2D eigenvalue weighted by Crippen LogP contribution is -2.62. The lowest BCUT2D eigenvalue weighted by atomic mass is 9.82. The number of halogens is 2. The summed E-state index contributed by atoms with van der Waals surface area (Å²) in [4.78, 5) is 43.3. The highest BCUT2D eigenvalue weighted by Crippen LogP contribution is 2.38. The lowest BCUT2D eigenvalue weighted by Gasteiger charge is -2.45. The Bertz CT molecular complexity index is 1790. The van der Waals surface area contributed by atoms with Crippen LogP contribution in [0.5, 0.6) is 17.2 Å². The number of nitrogens with one attached hydrogen (secondary N) is 1. The summed E-state index contributed by atoms with van der Waals surface area (Å²) >= 11 is 3.41. The van der Waals surface area contributed by atoms with Gasteiger partial charge in [-0.2, -0.15) is 0 Å². The van der Waals surface area contributed by atoms with Crippen molar-refractivity contribution in [2.75, 3.05) is 33.9 Å². The number of carbonyl (C=O) groups excluding carboxylic acids is 3. The molecule has 12 heteroatoms. The van der Waals surface area contributed by atoms with Crippen molar-refractivity contribution in [1.29, 1.82) is 0 Å². The second-order valence-electron chi connectivity index (χ2n) is 13.7. The van der Waals surface area contributed by atoms with Crippen LogP contribution in [0.1, 0.15) is 61.6 Å². The maximum absolute atomic E-state index is 14.9. The zero-order valence-corrected chi connectivity index (χ0v) is 31.3. The van der Waals surface area contributed by atoms with Crippen LogP contribution >= 0.6 is 15.9 Å². The maximum Gasteiger partial charge on any atom is 0.252 e. The number of amides is 3. The zero-order valence-electron chi connectivity index (χ0n) is 29.7. The van der Waals surface area contributed by atoms with Crippen molar-refractivity contribution >= 4 is 39.2 Å². The van der Waals surface area contributed by atoms with Crippen molar-refractivity contribution in [2.45, 2.75) is 76.0 Å². The van der Waals surface area contributed by atoms with E-state index in [2.05, 4.69) is 45.5 Å². The maximum atomic E-state index is 14.9. The predicted molar refractivity (Wildman–Crippen MR) is 199 cm³/mol. The molecule has 6 rings (SSSR count). The summed E-state index contributed by atoms with van der Waals surface area (Å²) in [5.41, 5.74) is 10.0. The molecule has 3 aliphatic rings. The standard InChI is InChI=1S/C40H46BrFN4O6/c1-50-31-17-26(18-32(21-31)51-2)22-46(30-13-14-30)40(49)39-33(20-29-23-45(24-35(39)44-29)38(48)7-3-6-37(43)47)27-10-8-25(9-11-27)5-4-16-52-36-19-28(42)12-15-34(36)41/h8-12,15,17-19,21,29-30,35,44H,3-7,13-14,16,20,22-24H2,1-2H3,(H2,43,47)/t29-,35-/m1/s1. The first-order valence-electron chi connectivity index (χ1n) is 17.9. The molecule has 2 aliphatic heterocycles. The molecule has 3 amide bonds. The van der Waals surface area contributed by atoms with Gasteiger partial charge in [0.05, 0.1) is 31.3 Å². The second-order valence-corrected chi connectivity index (χ2v) is 14.6. The van der Waals surface area contributed by atoms with Crippen molar-refractivity contribution in [3.8, 4) is 17.2 Å². The molecule has 3 aromatic carbocycles. The fourth-order valence-electron chi connectivity index (χ4n) is 7.12. The Hall–Kier alpha value is -4.42. The van der Waals surface area contributed by atoms with Crippen LogP contribution in [0.2, 0.25) is 0 Å². The molecule has 2 heterocycles. The fourth-order valence-corrected chi connectivity index (χ4v) is 7.48. The van der Waals surface area contributed by atoms with Crippen molar-refractivity contribution in [1.82, 2.24) is 15.1 Å². The molecule has 52 heavy (non-hydrogen) atoms. The minimum absolute atomic E-state index is 0.0265. The molecule has 2 bridgehead atoms.